The second-order valence-electron chi connectivity index (χ2n) is 6.77. The number of nitrogens with zero attached hydrogens (tertiary/aromatic N) is 1. The van der Waals surface area contributed by atoms with Crippen molar-refractivity contribution in [2.45, 2.75) is 65.1 Å². The van der Waals surface area contributed by atoms with Crippen molar-refractivity contribution in [2.75, 3.05) is 13.1 Å². The molecule has 2 fully saturated rings. The van der Waals surface area contributed by atoms with E-state index in [1.807, 2.05) is 0 Å². The van der Waals surface area contributed by atoms with Crippen LogP contribution in [0.4, 0.5) is 0 Å². The molecule has 1 aliphatic carbocycles. The van der Waals surface area contributed by atoms with Crippen molar-refractivity contribution in [3.63, 3.8) is 0 Å². The summed E-state index contributed by atoms with van der Waals surface area (Å²) in [5.74, 6) is 1.78. The van der Waals surface area contributed by atoms with E-state index in [1.165, 1.54) is 19.4 Å². The Balaban J connectivity index is 2.07. The Labute approximate surface area is 101 Å². The van der Waals surface area contributed by atoms with Gasteiger partial charge in [0.05, 0.1) is 0 Å². The van der Waals surface area contributed by atoms with Crippen LogP contribution in [0.5, 0.6) is 0 Å². The zero-order chi connectivity index (χ0) is 11.9. The Bertz CT molecular complexity index is 249. The molecule has 2 heteroatoms. The molecule has 0 aromatic rings. The molecule has 1 heterocycles. The third-order valence-electron chi connectivity index (χ3n) is 4.87. The summed E-state index contributed by atoms with van der Waals surface area (Å²) in [5.41, 5.74) is 0.290. The molecule has 2 nitrogen and oxygen atoms in total. The van der Waals surface area contributed by atoms with Crippen LogP contribution in [0.15, 0.2) is 0 Å². The fourth-order valence-electron chi connectivity index (χ4n) is 3.46. The van der Waals surface area contributed by atoms with Crippen molar-refractivity contribution in [2.24, 2.45) is 11.8 Å². The van der Waals surface area contributed by atoms with Gasteiger partial charge in [-0.2, -0.15) is 0 Å². The Morgan fingerprint density at radius 1 is 1.12 bits per heavy atom. The summed E-state index contributed by atoms with van der Waals surface area (Å²) in [6.07, 6.45) is 2.83. The van der Waals surface area contributed by atoms with E-state index in [1.54, 1.807) is 0 Å². The van der Waals surface area contributed by atoms with E-state index in [9.17, 15) is 0 Å². The van der Waals surface area contributed by atoms with E-state index in [0.717, 1.165) is 24.4 Å². The van der Waals surface area contributed by atoms with Gasteiger partial charge >= 0.3 is 0 Å². The lowest BCUT2D eigenvalue weighted by molar-refractivity contribution is 0.0452. The van der Waals surface area contributed by atoms with E-state index < -0.39 is 0 Å². The van der Waals surface area contributed by atoms with Crippen molar-refractivity contribution < 1.29 is 0 Å². The molecule has 1 N–H and O–H groups in total. The van der Waals surface area contributed by atoms with Gasteiger partial charge in [0.2, 0.25) is 0 Å². The molecule has 4 unspecified atom stereocenters. The molecule has 4 atom stereocenters. The third kappa shape index (κ3) is 2.28. The van der Waals surface area contributed by atoms with Gasteiger partial charge in [0.15, 0.2) is 0 Å². The molecule has 1 saturated heterocycles. The first kappa shape index (κ1) is 12.4. The minimum absolute atomic E-state index is 0.290. The molecule has 1 aliphatic heterocycles. The number of hydrogen-bond acceptors (Lipinski definition) is 2. The SMILES string of the molecule is CC1CCC(N2CC(C)(C)NCC2C)C1C. The highest BCUT2D eigenvalue weighted by Gasteiger charge is 2.40. The van der Waals surface area contributed by atoms with Crippen LogP contribution in [-0.4, -0.2) is 35.6 Å². The van der Waals surface area contributed by atoms with Gasteiger partial charge in [-0.15, -0.1) is 0 Å². The Kier molecular flexibility index (Phi) is 3.33. The highest BCUT2D eigenvalue weighted by molar-refractivity contribution is 4.97. The van der Waals surface area contributed by atoms with Crippen LogP contribution in [-0.2, 0) is 0 Å². The molecular weight excluding hydrogens is 196 g/mol. The second kappa shape index (κ2) is 4.30. The molecule has 0 radical (unpaired) electrons. The highest BCUT2D eigenvalue weighted by atomic mass is 15.3. The first-order valence-electron chi connectivity index (χ1n) is 6.91. The quantitative estimate of drug-likeness (QED) is 0.736. The minimum atomic E-state index is 0.290. The van der Waals surface area contributed by atoms with Crippen molar-refractivity contribution >= 4 is 0 Å². The van der Waals surface area contributed by atoms with Crippen LogP contribution in [0.2, 0.25) is 0 Å². The maximum atomic E-state index is 3.65. The minimum Gasteiger partial charge on any atom is -0.309 e. The molecule has 0 aromatic heterocycles. The molecule has 0 aromatic carbocycles. The van der Waals surface area contributed by atoms with Crippen LogP contribution < -0.4 is 5.32 Å². The normalized spacial score (nSPS) is 44.8. The third-order valence-corrected chi connectivity index (χ3v) is 4.87. The molecule has 0 bridgehead atoms. The monoisotopic (exact) mass is 224 g/mol. The maximum Gasteiger partial charge on any atom is 0.0253 e. The molecule has 16 heavy (non-hydrogen) atoms. The Morgan fingerprint density at radius 3 is 2.38 bits per heavy atom. The number of nitrogens with one attached hydrogen (secondary N) is 1. The first-order chi connectivity index (χ1) is 7.41. The summed E-state index contributed by atoms with van der Waals surface area (Å²) in [5, 5.41) is 3.65. The van der Waals surface area contributed by atoms with Crippen LogP contribution in [0.1, 0.15) is 47.5 Å². The number of rotatable bonds is 1. The number of hydrogen-bond donors (Lipinski definition) is 1. The highest BCUT2D eigenvalue weighted by Crippen LogP contribution is 2.36. The van der Waals surface area contributed by atoms with Gasteiger partial charge in [-0.3, -0.25) is 4.90 Å². The average Bonchev–Trinajstić information content (AvgIpc) is 2.52. The molecule has 1 saturated carbocycles. The van der Waals surface area contributed by atoms with Gasteiger partial charge in [0, 0.05) is 30.7 Å². The van der Waals surface area contributed by atoms with Gasteiger partial charge in [0.25, 0.3) is 0 Å². The predicted octanol–water partition coefficient (Wildman–Crippen LogP) is 2.49. The topological polar surface area (TPSA) is 15.3 Å². The van der Waals surface area contributed by atoms with E-state index in [0.29, 0.717) is 6.04 Å². The van der Waals surface area contributed by atoms with Crippen molar-refractivity contribution in [3.8, 4) is 0 Å². The predicted molar refractivity (Wildman–Crippen MR) is 69.6 cm³/mol. The molecule has 2 aliphatic rings. The fourth-order valence-corrected chi connectivity index (χ4v) is 3.46. The van der Waals surface area contributed by atoms with Gasteiger partial charge < -0.3 is 5.32 Å². The standard InChI is InChI=1S/C14H28N2/c1-10-6-7-13(12(10)3)16-9-14(4,5)15-8-11(16)2/h10-13,15H,6-9H2,1-5H3. The van der Waals surface area contributed by atoms with Crippen molar-refractivity contribution in [1.29, 1.82) is 0 Å². The fraction of sp³-hybridized carbons (Fsp3) is 1.00. The van der Waals surface area contributed by atoms with Crippen molar-refractivity contribution in [1.82, 2.24) is 10.2 Å². The molecule has 94 valence electrons. The van der Waals surface area contributed by atoms with Gasteiger partial charge in [-0.1, -0.05) is 13.8 Å². The molecule has 0 amide bonds. The largest absolute Gasteiger partial charge is 0.309 e. The number of piperazine rings is 1. The Morgan fingerprint density at radius 2 is 1.81 bits per heavy atom. The van der Waals surface area contributed by atoms with E-state index in [2.05, 4.69) is 44.8 Å². The van der Waals surface area contributed by atoms with Crippen LogP contribution in [0.25, 0.3) is 0 Å². The van der Waals surface area contributed by atoms with Gasteiger partial charge in [0.1, 0.15) is 0 Å². The van der Waals surface area contributed by atoms with Crippen LogP contribution in [0, 0.1) is 11.8 Å². The summed E-state index contributed by atoms with van der Waals surface area (Å²) < 4.78 is 0. The van der Waals surface area contributed by atoms with Crippen molar-refractivity contribution in [3.05, 3.63) is 0 Å². The van der Waals surface area contributed by atoms with E-state index >= 15 is 0 Å². The van der Waals surface area contributed by atoms with Crippen LogP contribution in [0.3, 0.4) is 0 Å². The second-order valence-corrected chi connectivity index (χ2v) is 6.77. The molecule has 0 spiro atoms. The lowest BCUT2D eigenvalue weighted by atomic mass is 9.92. The summed E-state index contributed by atoms with van der Waals surface area (Å²) in [6, 6.07) is 1.53. The summed E-state index contributed by atoms with van der Waals surface area (Å²) in [4.78, 5) is 2.77. The zero-order valence-corrected chi connectivity index (χ0v) is 11.6. The smallest absolute Gasteiger partial charge is 0.0253 e. The zero-order valence-electron chi connectivity index (χ0n) is 11.6. The first-order valence-corrected chi connectivity index (χ1v) is 6.91. The summed E-state index contributed by atoms with van der Waals surface area (Å²) in [6.45, 7) is 14.2. The van der Waals surface area contributed by atoms with E-state index in [4.69, 9.17) is 0 Å². The van der Waals surface area contributed by atoms with Gasteiger partial charge in [-0.05, 0) is 45.4 Å². The van der Waals surface area contributed by atoms with Crippen LogP contribution >= 0.6 is 0 Å². The lowest BCUT2D eigenvalue weighted by Crippen LogP contribution is -2.63. The molecule has 2 rings (SSSR count). The van der Waals surface area contributed by atoms with Gasteiger partial charge in [-0.25, -0.2) is 0 Å². The average molecular weight is 224 g/mol. The lowest BCUT2D eigenvalue weighted by Gasteiger charge is -2.47. The summed E-state index contributed by atoms with van der Waals surface area (Å²) >= 11 is 0. The van der Waals surface area contributed by atoms with E-state index in [-0.39, 0.29) is 5.54 Å². The molecular formula is C14H28N2. The Hall–Kier alpha value is -0.0800. The summed E-state index contributed by atoms with van der Waals surface area (Å²) in [7, 11) is 0. The maximum absolute atomic E-state index is 3.65.